The number of carbonyl (C=O) groups is 3. The van der Waals surface area contributed by atoms with Crippen molar-refractivity contribution in [3.8, 4) is 0 Å². The molecule has 0 bridgehead atoms. The van der Waals surface area contributed by atoms with E-state index in [1.807, 2.05) is 88.4 Å². The molecular formula is C33H42N4O5. The highest BCUT2D eigenvalue weighted by atomic mass is 16.5. The first-order valence-corrected chi connectivity index (χ1v) is 14.5. The number of nitrogens with one attached hydrogen (secondary N) is 1. The fourth-order valence-electron chi connectivity index (χ4n) is 5.23. The summed E-state index contributed by atoms with van der Waals surface area (Å²) in [6, 6.07) is 17.3. The highest BCUT2D eigenvalue weighted by molar-refractivity contribution is 6.00. The minimum Gasteiger partial charge on any atom is -0.476 e. The molecule has 2 heterocycles. The Balaban J connectivity index is 1.65. The molecule has 3 atom stereocenters. The van der Waals surface area contributed by atoms with Crippen LogP contribution < -0.4 is 5.32 Å². The summed E-state index contributed by atoms with van der Waals surface area (Å²) in [6.45, 7) is 11.3. The molecule has 0 saturated heterocycles. The lowest BCUT2D eigenvalue weighted by atomic mass is 9.95. The van der Waals surface area contributed by atoms with Crippen molar-refractivity contribution in [3.05, 3.63) is 78.0 Å². The van der Waals surface area contributed by atoms with Crippen molar-refractivity contribution >= 4 is 29.3 Å². The van der Waals surface area contributed by atoms with Crippen LogP contribution in [-0.2, 0) is 25.5 Å². The van der Waals surface area contributed by atoms with Crippen LogP contribution in [0, 0.1) is 11.8 Å². The van der Waals surface area contributed by atoms with Gasteiger partial charge in [-0.3, -0.25) is 19.3 Å². The molecule has 9 heteroatoms. The zero-order valence-electron chi connectivity index (χ0n) is 25.3. The number of nitrogens with zero attached hydrogens (tertiary/aromatic N) is 3. The molecular weight excluding hydrogens is 532 g/mol. The molecule has 0 fully saturated rings. The van der Waals surface area contributed by atoms with E-state index in [9.17, 15) is 19.5 Å². The number of amides is 3. The van der Waals surface area contributed by atoms with Gasteiger partial charge in [0.15, 0.2) is 0 Å². The average molecular weight is 575 g/mol. The summed E-state index contributed by atoms with van der Waals surface area (Å²) in [5.41, 5.74) is 1.62. The number of hydrogen-bond acceptors (Lipinski definition) is 6. The van der Waals surface area contributed by atoms with E-state index in [1.54, 1.807) is 20.0 Å². The van der Waals surface area contributed by atoms with Gasteiger partial charge in [0.25, 0.3) is 5.91 Å². The zero-order valence-corrected chi connectivity index (χ0v) is 25.3. The van der Waals surface area contributed by atoms with Gasteiger partial charge in [-0.2, -0.15) is 0 Å². The topological polar surface area (TPSA) is 112 Å². The summed E-state index contributed by atoms with van der Waals surface area (Å²) in [5.74, 6) is -1.26. The van der Waals surface area contributed by atoms with Gasteiger partial charge in [0.1, 0.15) is 25.3 Å². The van der Waals surface area contributed by atoms with Crippen molar-refractivity contribution in [2.45, 2.75) is 71.7 Å². The van der Waals surface area contributed by atoms with Crippen LogP contribution in [0.2, 0.25) is 0 Å². The number of aliphatic hydroxyl groups is 1. The van der Waals surface area contributed by atoms with E-state index in [-0.39, 0.29) is 36.1 Å². The molecule has 4 rings (SSSR count). The predicted octanol–water partition coefficient (Wildman–Crippen LogP) is 3.63. The molecule has 42 heavy (non-hydrogen) atoms. The second-order valence-electron chi connectivity index (χ2n) is 12.3. The Bertz CT molecular complexity index is 1340. The zero-order chi connectivity index (χ0) is 30.6. The quantitative estimate of drug-likeness (QED) is 0.450. The Morgan fingerprint density at radius 1 is 1.05 bits per heavy atom. The molecule has 2 aliphatic rings. The monoisotopic (exact) mass is 574 g/mol. The second kappa shape index (κ2) is 12.9. The highest BCUT2D eigenvalue weighted by Crippen LogP contribution is 2.31. The summed E-state index contributed by atoms with van der Waals surface area (Å²) in [4.78, 5) is 48.4. The predicted molar refractivity (Wildman–Crippen MR) is 162 cm³/mol. The van der Waals surface area contributed by atoms with Crippen molar-refractivity contribution in [1.82, 2.24) is 15.1 Å². The lowest BCUT2D eigenvalue weighted by molar-refractivity contribution is -0.147. The Hall–Kier alpha value is -3.98. The van der Waals surface area contributed by atoms with Crippen molar-refractivity contribution in [2.24, 2.45) is 16.8 Å². The third-order valence-corrected chi connectivity index (χ3v) is 7.39. The maximum atomic E-state index is 14.0. The molecule has 0 radical (unpaired) electrons. The van der Waals surface area contributed by atoms with E-state index >= 15 is 0 Å². The molecule has 2 unspecified atom stereocenters. The first-order valence-electron chi connectivity index (χ1n) is 14.5. The van der Waals surface area contributed by atoms with E-state index in [4.69, 9.17) is 4.74 Å². The fourth-order valence-corrected chi connectivity index (χ4v) is 5.23. The Kier molecular flexibility index (Phi) is 9.51. The van der Waals surface area contributed by atoms with E-state index < -0.39 is 29.6 Å². The van der Waals surface area contributed by atoms with E-state index in [1.165, 1.54) is 9.80 Å². The molecule has 0 aromatic heterocycles. The second-order valence-corrected chi connectivity index (χ2v) is 12.3. The molecule has 0 saturated carbocycles. The normalized spacial score (nSPS) is 19.7. The van der Waals surface area contributed by atoms with Gasteiger partial charge in [-0.25, -0.2) is 4.99 Å². The number of benzene rings is 2. The van der Waals surface area contributed by atoms with Crippen molar-refractivity contribution in [1.29, 1.82) is 0 Å². The van der Waals surface area contributed by atoms with Crippen LogP contribution >= 0.6 is 0 Å². The summed E-state index contributed by atoms with van der Waals surface area (Å²) >= 11 is 0. The maximum Gasteiger partial charge on any atom is 0.250 e. The van der Waals surface area contributed by atoms with Gasteiger partial charge in [0, 0.05) is 12.1 Å². The van der Waals surface area contributed by atoms with Crippen LogP contribution in [0.1, 0.15) is 52.7 Å². The summed E-state index contributed by atoms with van der Waals surface area (Å²) in [6.07, 6.45) is 0.841. The smallest absolute Gasteiger partial charge is 0.250 e. The van der Waals surface area contributed by atoms with Gasteiger partial charge in [-0.15, -0.1) is 0 Å². The van der Waals surface area contributed by atoms with Gasteiger partial charge in [-0.1, -0.05) is 88.4 Å². The number of aliphatic imine (C=N–C) groups is 1. The van der Waals surface area contributed by atoms with Crippen LogP contribution in [0.25, 0.3) is 5.70 Å². The first-order chi connectivity index (χ1) is 19.9. The van der Waals surface area contributed by atoms with Crippen molar-refractivity contribution < 1.29 is 24.2 Å². The van der Waals surface area contributed by atoms with E-state index in [2.05, 4.69) is 10.3 Å². The molecule has 0 spiro atoms. The minimum atomic E-state index is -1.18. The summed E-state index contributed by atoms with van der Waals surface area (Å²) < 4.78 is 5.70. The summed E-state index contributed by atoms with van der Waals surface area (Å²) in [5, 5.41) is 14.2. The molecule has 2 N–H and O–H groups in total. The van der Waals surface area contributed by atoms with Gasteiger partial charge >= 0.3 is 0 Å². The average Bonchev–Trinajstić information content (AvgIpc) is 3.32. The van der Waals surface area contributed by atoms with Crippen LogP contribution in [0.15, 0.2) is 71.9 Å². The maximum absolute atomic E-state index is 14.0. The SMILES string of the molecule is CC(C)C(=O)N1C=C(c2ccccc2)N(CC(=O)NC(Cc2ccccc2)C(O)C2=NC(C)(C)CO2)C(=O)[C@H]1C(C)C. The Morgan fingerprint density at radius 3 is 2.21 bits per heavy atom. The standard InChI is InChI=1S/C33H42N4O5/c1-21(2)28-32(41)36(26(24-15-11-8-12-16-24)18-37(28)31(40)22(3)4)19-27(38)34-25(17-23-13-9-7-10-14-23)29(39)30-35-33(5,6)20-42-30/h7-16,18,21-22,25,28-29,39H,17,19-20H2,1-6H3,(H,34,38)/t25?,28-,29?/m1/s1. The minimum absolute atomic E-state index is 0.161. The van der Waals surface area contributed by atoms with Gasteiger partial charge in [-0.05, 0) is 37.3 Å². The third-order valence-electron chi connectivity index (χ3n) is 7.39. The molecule has 2 aliphatic heterocycles. The number of ether oxygens (including phenoxy) is 1. The highest BCUT2D eigenvalue weighted by Gasteiger charge is 2.42. The molecule has 2 aromatic carbocycles. The van der Waals surface area contributed by atoms with E-state index in [0.29, 0.717) is 24.3 Å². The van der Waals surface area contributed by atoms with Crippen LogP contribution in [0.5, 0.6) is 0 Å². The van der Waals surface area contributed by atoms with Crippen molar-refractivity contribution in [3.63, 3.8) is 0 Å². The largest absolute Gasteiger partial charge is 0.476 e. The molecule has 9 nitrogen and oxygen atoms in total. The van der Waals surface area contributed by atoms with Crippen molar-refractivity contribution in [2.75, 3.05) is 13.2 Å². The summed E-state index contributed by atoms with van der Waals surface area (Å²) in [7, 11) is 0. The van der Waals surface area contributed by atoms with E-state index in [0.717, 1.165) is 5.56 Å². The molecule has 3 amide bonds. The number of carbonyl (C=O) groups excluding carboxylic acids is 3. The lowest BCUT2D eigenvalue weighted by Gasteiger charge is -2.41. The van der Waals surface area contributed by atoms with Gasteiger partial charge < -0.3 is 20.1 Å². The van der Waals surface area contributed by atoms with Gasteiger partial charge in [0.05, 0.1) is 17.3 Å². The van der Waals surface area contributed by atoms with Crippen LogP contribution in [-0.4, -0.2) is 75.4 Å². The first kappa shape index (κ1) is 31.0. The Morgan fingerprint density at radius 2 is 1.67 bits per heavy atom. The number of rotatable bonds is 10. The molecule has 0 aliphatic carbocycles. The van der Waals surface area contributed by atoms with Gasteiger partial charge in [0.2, 0.25) is 17.7 Å². The van der Waals surface area contributed by atoms with Crippen LogP contribution in [0.4, 0.5) is 0 Å². The number of aliphatic hydroxyl groups excluding tert-OH is 1. The Labute approximate surface area is 248 Å². The molecule has 2 aromatic rings. The fraction of sp³-hybridized carbons (Fsp3) is 0.455. The number of hydrogen-bond donors (Lipinski definition) is 2. The molecule has 224 valence electrons. The lowest BCUT2D eigenvalue weighted by Crippen LogP contribution is -2.58. The van der Waals surface area contributed by atoms with Crippen LogP contribution in [0.3, 0.4) is 0 Å². The third kappa shape index (κ3) is 7.07.